The SMILES string of the molecule is Cc1cccc(NC(=O)CNc2cccc(C(N)=O)c2C)c1. The van der Waals surface area contributed by atoms with Gasteiger partial charge in [0.2, 0.25) is 11.8 Å². The summed E-state index contributed by atoms with van der Waals surface area (Å²) in [6, 6.07) is 12.8. The summed E-state index contributed by atoms with van der Waals surface area (Å²) in [4.78, 5) is 23.3. The Morgan fingerprint density at radius 1 is 1.09 bits per heavy atom. The van der Waals surface area contributed by atoms with Crippen molar-refractivity contribution in [3.05, 3.63) is 59.2 Å². The molecular formula is C17H19N3O2. The van der Waals surface area contributed by atoms with Crippen LogP contribution in [0.15, 0.2) is 42.5 Å². The van der Waals surface area contributed by atoms with Gasteiger partial charge in [-0.15, -0.1) is 0 Å². The minimum absolute atomic E-state index is 0.108. The van der Waals surface area contributed by atoms with Crippen LogP contribution in [0.2, 0.25) is 0 Å². The molecular weight excluding hydrogens is 278 g/mol. The van der Waals surface area contributed by atoms with Crippen molar-refractivity contribution in [3.8, 4) is 0 Å². The Bertz CT molecular complexity index is 711. The number of carbonyl (C=O) groups excluding carboxylic acids is 2. The molecule has 0 aliphatic carbocycles. The molecule has 2 aromatic carbocycles. The van der Waals surface area contributed by atoms with Crippen LogP contribution in [0.25, 0.3) is 0 Å². The highest BCUT2D eigenvalue weighted by Gasteiger charge is 2.09. The zero-order chi connectivity index (χ0) is 16.1. The number of nitrogens with two attached hydrogens (primary N) is 1. The largest absolute Gasteiger partial charge is 0.376 e. The first kappa shape index (κ1) is 15.6. The second-order valence-corrected chi connectivity index (χ2v) is 5.11. The molecule has 0 heterocycles. The van der Waals surface area contributed by atoms with E-state index in [0.29, 0.717) is 5.56 Å². The van der Waals surface area contributed by atoms with Gasteiger partial charge in [-0.05, 0) is 49.2 Å². The summed E-state index contributed by atoms with van der Waals surface area (Å²) < 4.78 is 0. The molecule has 0 radical (unpaired) electrons. The van der Waals surface area contributed by atoms with E-state index in [1.165, 1.54) is 0 Å². The van der Waals surface area contributed by atoms with E-state index in [4.69, 9.17) is 5.73 Å². The zero-order valence-electron chi connectivity index (χ0n) is 12.6. The first-order chi connectivity index (χ1) is 10.5. The lowest BCUT2D eigenvalue weighted by Crippen LogP contribution is -2.22. The van der Waals surface area contributed by atoms with Gasteiger partial charge in [-0.3, -0.25) is 9.59 Å². The molecule has 4 N–H and O–H groups in total. The summed E-state index contributed by atoms with van der Waals surface area (Å²) >= 11 is 0. The fraction of sp³-hybridized carbons (Fsp3) is 0.176. The molecule has 0 aliphatic rings. The van der Waals surface area contributed by atoms with Crippen LogP contribution in [0.1, 0.15) is 21.5 Å². The Morgan fingerprint density at radius 3 is 2.50 bits per heavy atom. The third-order valence-corrected chi connectivity index (χ3v) is 3.34. The van der Waals surface area contributed by atoms with Crippen molar-refractivity contribution in [2.24, 2.45) is 5.73 Å². The lowest BCUT2D eigenvalue weighted by Gasteiger charge is -2.12. The van der Waals surface area contributed by atoms with E-state index in [-0.39, 0.29) is 12.5 Å². The molecule has 22 heavy (non-hydrogen) atoms. The van der Waals surface area contributed by atoms with E-state index in [1.54, 1.807) is 19.1 Å². The fourth-order valence-corrected chi connectivity index (χ4v) is 2.20. The Hall–Kier alpha value is -2.82. The molecule has 0 unspecified atom stereocenters. The predicted molar refractivity (Wildman–Crippen MR) is 88.0 cm³/mol. The molecule has 0 fully saturated rings. The van der Waals surface area contributed by atoms with Gasteiger partial charge in [-0.25, -0.2) is 0 Å². The van der Waals surface area contributed by atoms with Gasteiger partial charge in [0.05, 0.1) is 6.54 Å². The normalized spacial score (nSPS) is 10.1. The van der Waals surface area contributed by atoms with Gasteiger partial charge < -0.3 is 16.4 Å². The first-order valence-corrected chi connectivity index (χ1v) is 6.97. The number of aryl methyl sites for hydroxylation is 1. The minimum atomic E-state index is -0.481. The number of primary amides is 1. The van der Waals surface area contributed by atoms with Gasteiger partial charge in [-0.2, -0.15) is 0 Å². The lowest BCUT2D eigenvalue weighted by molar-refractivity contribution is -0.114. The molecule has 0 spiro atoms. The molecule has 0 saturated heterocycles. The van der Waals surface area contributed by atoms with E-state index in [0.717, 1.165) is 22.5 Å². The number of carbonyl (C=O) groups is 2. The van der Waals surface area contributed by atoms with E-state index >= 15 is 0 Å². The molecule has 5 heteroatoms. The Balaban J connectivity index is 2.00. The number of hydrogen-bond acceptors (Lipinski definition) is 3. The number of nitrogens with one attached hydrogen (secondary N) is 2. The molecule has 0 aromatic heterocycles. The van der Waals surface area contributed by atoms with Crippen LogP contribution >= 0.6 is 0 Å². The third-order valence-electron chi connectivity index (χ3n) is 3.34. The molecule has 2 aromatic rings. The van der Waals surface area contributed by atoms with Crippen molar-refractivity contribution in [3.63, 3.8) is 0 Å². The molecule has 0 atom stereocenters. The topological polar surface area (TPSA) is 84.2 Å². The first-order valence-electron chi connectivity index (χ1n) is 6.97. The molecule has 0 saturated carbocycles. The van der Waals surface area contributed by atoms with Gasteiger partial charge >= 0.3 is 0 Å². The highest BCUT2D eigenvalue weighted by atomic mass is 16.2. The number of benzene rings is 2. The number of amides is 2. The average molecular weight is 297 g/mol. The average Bonchev–Trinajstić information content (AvgIpc) is 2.46. The monoisotopic (exact) mass is 297 g/mol. The third kappa shape index (κ3) is 3.85. The number of anilines is 2. The Kier molecular flexibility index (Phi) is 4.78. The molecule has 0 aliphatic heterocycles. The Morgan fingerprint density at radius 2 is 1.82 bits per heavy atom. The summed E-state index contributed by atoms with van der Waals surface area (Å²) in [5, 5.41) is 5.84. The summed E-state index contributed by atoms with van der Waals surface area (Å²) in [7, 11) is 0. The zero-order valence-corrected chi connectivity index (χ0v) is 12.6. The van der Waals surface area contributed by atoms with Gasteiger partial charge in [0.15, 0.2) is 0 Å². The number of hydrogen-bond donors (Lipinski definition) is 3. The molecule has 114 valence electrons. The standard InChI is InChI=1S/C17H19N3O2/c1-11-5-3-6-13(9-11)20-16(21)10-19-15-8-4-7-14(12(15)2)17(18)22/h3-9,19H,10H2,1-2H3,(H2,18,22)(H,20,21). The summed E-state index contributed by atoms with van der Waals surface area (Å²) in [6.07, 6.45) is 0. The van der Waals surface area contributed by atoms with Crippen LogP contribution < -0.4 is 16.4 Å². The molecule has 2 rings (SSSR count). The lowest BCUT2D eigenvalue weighted by atomic mass is 10.1. The molecule has 0 bridgehead atoms. The van der Waals surface area contributed by atoms with Gasteiger partial charge in [0, 0.05) is 16.9 Å². The summed E-state index contributed by atoms with van der Waals surface area (Å²) in [5.74, 6) is -0.639. The van der Waals surface area contributed by atoms with Gasteiger partial charge in [0.1, 0.15) is 0 Å². The van der Waals surface area contributed by atoms with Crippen molar-refractivity contribution < 1.29 is 9.59 Å². The van der Waals surface area contributed by atoms with Crippen LogP contribution in [-0.4, -0.2) is 18.4 Å². The van der Waals surface area contributed by atoms with Crippen molar-refractivity contribution in [1.82, 2.24) is 0 Å². The predicted octanol–water partition coefficient (Wildman–Crippen LogP) is 2.45. The molecule has 2 amide bonds. The van der Waals surface area contributed by atoms with E-state index in [2.05, 4.69) is 10.6 Å². The van der Waals surface area contributed by atoms with Crippen LogP contribution in [0.5, 0.6) is 0 Å². The quantitative estimate of drug-likeness (QED) is 0.792. The van der Waals surface area contributed by atoms with Crippen molar-refractivity contribution in [1.29, 1.82) is 0 Å². The smallest absolute Gasteiger partial charge is 0.249 e. The second kappa shape index (κ2) is 6.76. The summed E-state index contributed by atoms with van der Waals surface area (Å²) in [5.41, 5.74) is 9.05. The van der Waals surface area contributed by atoms with Crippen molar-refractivity contribution in [2.75, 3.05) is 17.2 Å². The number of rotatable bonds is 5. The van der Waals surface area contributed by atoms with Crippen molar-refractivity contribution >= 4 is 23.2 Å². The molecule has 5 nitrogen and oxygen atoms in total. The van der Waals surface area contributed by atoms with Crippen LogP contribution in [-0.2, 0) is 4.79 Å². The van der Waals surface area contributed by atoms with Crippen LogP contribution in [0.3, 0.4) is 0 Å². The maximum Gasteiger partial charge on any atom is 0.249 e. The van der Waals surface area contributed by atoms with E-state index < -0.39 is 5.91 Å². The van der Waals surface area contributed by atoms with E-state index in [1.807, 2.05) is 37.3 Å². The summed E-state index contributed by atoms with van der Waals surface area (Å²) in [6.45, 7) is 3.87. The van der Waals surface area contributed by atoms with Gasteiger partial charge in [0.25, 0.3) is 0 Å². The van der Waals surface area contributed by atoms with Crippen molar-refractivity contribution in [2.45, 2.75) is 13.8 Å². The van der Waals surface area contributed by atoms with E-state index in [9.17, 15) is 9.59 Å². The minimum Gasteiger partial charge on any atom is -0.376 e. The van der Waals surface area contributed by atoms with Crippen LogP contribution in [0.4, 0.5) is 11.4 Å². The fourth-order valence-electron chi connectivity index (χ4n) is 2.20. The maximum absolute atomic E-state index is 12.0. The second-order valence-electron chi connectivity index (χ2n) is 5.11. The maximum atomic E-state index is 12.0. The van der Waals surface area contributed by atoms with Crippen LogP contribution in [0, 0.1) is 13.8 Å². The highest BCUT2D eigenvalue weighted by molar-refractivity contribution is 5.97. The van der Waals surface area contributed by atoms with Gasteiger partial charge in [-0.1, -0.05) is 18.2 Å². The Labute approximate surface area is 129 Å². The highest BCUT2D eigenvalue weighted by Crippen LogP contribution is 2.18.